The van der Waals surface area contributed by atoms with Crippen LogP contribution in [0.5, 0.6) is 0 Å². The first-order valence-corrected chi connectivity index (χ1v) is 6.96. The predicted octanol–water partition coefficient (Wildman–Crippen LogP) is 1.18. The van der Waals surface area contributed by atoms with Crippen LogP contribution in [0, 0.1) is 0 Å². The molecular weight excluding hydrogens is 245 g/mol. The van der Waals surface area contributed by atoms with Gasteiger partial charge in [0.2, 0.25) is 5.91 Å². The van der Waals surface area contributed by atoms with Crippen LogP contribution in [0.15, 0.2) is 12.2 Å². The van der Waals surface area contributed by atoms with E-state index in [1.165, 1.54) is 14.2 Å². The fourth-order valence-electron chi connectivity index (χ4n) is 0.980. The molecule has 0 fully saturated rings. The van der Waals surface area contributed by atoms with Crippen LogP contribution in [0.2, 0.25) is 0 Å². The molecule has 0 rings (SSSR count). The monoisotopic (exact) mass is 265 g/mol. The molecule has 0 atom stereocenters. The van der Waals surface area contributed by atoms with Crippen molar-refractivity contribution in [3.05, 3.63) is 12.2 Å². The molecule has 0 aliphatic carbocycles. The first-order valence-electron chi connectivity index (χ1n) is 5.23. The summed E-state index contributed by atoms with van der Waals surface area (Å²) in [7, 11) is -0.398. The summed E-state index contributed by atoms with van der Waals surface area (Å²) in [5.41, 5.74) is 0.330. The average Bonchev–Trinajstić information content (AvgIpc) is 2.34. The Kier molecular flexibility index (Phi) is 8.08. The van der Waals surface area contributed by atoms with Crippen LogP contribution in [-0.4, -0.2) is 46.0 Å². The van der Waals surface area contributed by atoms with Crippen LogP contribution in [0.3, 0.4) is 0 Å². The summed E-state index contributed by atoms with van der Waals surface area (Å²) < 4.78 is 26.2. The normalized spacial score (nSPS) is 11.2. The lowest BCUT2D eigenvalue weighted by Crippen LogP contribution is -2.26. The van der Waals surface area contributed by atoms with E-state index >= 15 is 0 Å². The Balaban J connectivity index is 3.82. The Morgan fingerprint density at radius 2 is 1.94 bits per heavy atom. The van der Waals surface area contributed by atoms with E-state index < -0.39 is 7.60 Å². The predicted molar refractivity (Wildman–Crippen MR) is 65.1 cm³/mol. The van der Waals surface area contributed by atoms with E-state index in [9.17, 15) is 9.36 Å². The van der Waals surface area contributed by atoms with E-state index in [1.807, 2.05) is 6.92 Å². The van der Waals surface area contributed by atoms with Gasteiger partial charge in [-0.1, -0.05) is 6.58 Å². The second-order valence-corrected chi connectivity index (χ2v) is 5.61. The van der Waals surface area contributed by atoms with E-state index in [1.54, 1.807) is 0 Å². The van der Waals surface area contributed by atoms with Crippen LogP contribution >= 0.6 is 7.60 Å². The number of likely N-dealkylation sites (N-methyl/N-ethyl adjacent to an activating group) is 1. The number of ether oxygens (including phenoxy) is 1. The van der Waals surface area contributed by atoms with E-state index in [-0.39, 0.29) is 25.3 Å². The van der Waals surface area contributed by atoms with Crippen molar-refractivity contribution >= 4 is 13.5 Å². The number of amides is 1. The molecule has 7 heteroatoms. The van der Waals surface area contributed by atoms with Crippen LogP contribution in [0.25, 0.3) is 0 Å². The lowest BCUT2D eigenvalue weighted by Gasteiger charge is -2.13. The van der Waals surface area contributed by atoms with Crippen LogP contribution in [0.4, 0.5) is 0 Å². The minimum atomic E-state index is -3.03. The third-order valence-corrected chi connectivity index (χ3v) is 3.84. The zero-order chi connectivity index (χ0) is 13.3. The van der Waals surface area contributed by atoms with Crippen molar-refractivity contribution in [3.8, 4) is 0 Å². The smallest absolute Gasteiger partial charge is 0.332 e. The number of nitrogens with one attached hydrogen (secondary N) is 1. The highest BCUT2D eigenvalue weighted by Crippen LogP contribution is 2.45. The molecule has 0 aliphatic rings. The van der Waals surface area contributed by atoms with Crippen molar-refractivity contribution in [2.24, 2.45) is 0 Å². The largest absolute Gasteiger partial charge is 0.376 e. The van der Waals surface area contributed by atoms with E-state index in [4.69, 9.17) is 13.8 Å². The molecule has 0 radical (unpaired) electrons. The first-order chi connectivity index (χ1) is 7.99. The van der Waals surface area contributed by atoms with Crippen molar-refractivity contribution in [2.75, 3.05) is 40.1 Å². The van der Waals surface area contributed by atoms with Crippen molar-refractivity contribution in [3.63, 3.8) is 0 Å². The first kappa shape index (κ1) is 16.3. The van der Waals surface area contributed by atoms with Gasteiger partial charge in [-0.2, -0.15) is 0 Å². The van der Waals surface area contributed by atoms with E-state index in [0.29, 0.717) is 12.1 Å². The second kappa shape index (κ2) is 8.42. The molecule has 0 aromatic carbocycles. The summed E-state index contributed by atoms with van der Waals surface area (Å²) in [6.07, 6.45) is 0.142. The molecule has 0 aliphatic heterocycles. The lowest BCUT2D eigenvalue weighted by molar-refractivity contribution is -0.117. The fourth-order valence-corrected chi connectivity index (χ4v) is 1.85. The number of rotatable bonds is 9. The van der Waals surface area contributed by atoms with Crippen molar-refractivity contribution in [2.45, 2.75) is 6.92 Å². The Hall–Kier alpha value is -0.680. The summed E-state index contributed by atoms with van der Waals surface area (Å²) in [6, 6.07) is 0. The second-order valence-electron chi connectivity index (χ2n) is 3.22. The van der Waals surface area contributed by atoms with Gasteiger partial charge in [0, 0.05) is 26.3 Å². The molecule has 100 valence electrons. The summed E-state index contributed by atoms with van der Waals surface area (Å²) in [5, 5.41) is 2.60. The van der Waals surface area contributed by atoms with Crippen molar-refractivity contribution < 1.29 is 23.1 Å². The third kappa shape index (κ3) is 6.58. The maximum Gasteiger partial charge on any atom is 0.332 e. The summed E-state index contributed by atoms with van der Waals surface area (Å²) in [6.45, 7) is 6.21. The molecule has 0 aromatic rings. The Morgan fingerprint density at radius 3 is 2.41 bits per heavy atom. The van der Waals surface area contributed by atoms with Crippen molar-refractivity contribution in [1.82, 2.24) is 5.32 Å². The zero-order valence-electron chi connectivity index (χ0n) is 10.5. The number of carbonyl (C=O) groups is 1. The van der Waals surface area contributed by atoms with Gasteiger partial charge in [0.1, 0.15) is 0 Å². The summed E-state index contributed by atoms with van der Waals surface area (Å²) in [4.78, 5) is 11.3. The fraction of sp³-hybridized carbons (Fsp3) is 0.700. The molecule has 0 saturated carbocycles. The van der Waals surface area contributed by atoms with Gasteiger partial charge in [0.25, 0.3) is 0 Å². The number of hydrogen-bond acceptors (Lipinski definition) is 5. The molecule has 0 spiro atoms. The van der Waals surface area contributed by atoms with Crippen molar-refractivity contribution in [1.29, 1.82) is 0 Å². The molecule has 0 heterocycles. The number of hydrogen-bond donors (Lipinski definition) is 1. The molecule has 0 unspecified atom stereocenters. The average molecular weight is 265 g/mol. The van der Waals surface area contributed by atoms with Gasteiger partial charge in [0.05, 0.1) is 19.4 Å². The molecule has 0 aromatic heterocycles. The SMILES string of the molecule is C=C(COCCP(=O)(OC)OC)C(=O)NCC. The van der Waals surface area contributed by atoms with Crippen LogP contribution in [-0.2, 0) is 23.1 Å². The van der Waals surface area contributed by atoms with Gasteiger partial charge in [-0.25, -0.2) is 0 Å². The molecule has 1 N–H and O–H groups in total. The van der Waals surface area contributed by atoms with E-state index in [2.05, 4.69) is 11.9 Å². The van der Waals surface area contributed by atoms with E-state index in [0.717, 1.165) is 0 Å². The topological polar surface area (TPSA) is 73.9 Å². The highest BCUT2D eigenvalue weighted by Gasteiger charge is 2.20. The molecule has 0 saturated heterocycles. The zero-order valence-corrected chi connectivity index (χ0v) is 11.4. The molecule has 1 amide bonds. The number of carbonyl (C=O) groups excluding carboxylic acids is 1. The summed E-state index contributed by atoms with van der Waals surface area (Å²) >= 11 is 0. The lowest BCUT2D eigenvalue weighted by atomic mass is 10.3. The summed E-state index contributed by atoms with van der Waals surface area (Å²) in [5.74, 6) is -0.242. The maximum atomic E-state index is 11.6. The van der Waals surface area contributed by atoms with Gasteiger partial charge in [0.15, 0.2) is 0 Å². The molecule has 0 bridgehead atoms. The highest BCUT2D eigenvalue weighted by molar-refractivity contribution is 7.53. The minimum Gasteiger partial charge on any atom is -0.376 e. The van der Waals surface area contributed by atoms with Crippen LogP contribution in [0.1, 0.15) is 6.92 Å². The Bertz CT molecular complexity index is 297. The van der Waals surface area contributed by atoms with Gasteiger partial charge in [-0.05, 0) is 6.92 Å². The van der Waals surface area contributed by atoms with Gasteiger partial charge in [-0.3, -0.25) is 9.36 Å². The Labute approximate surface area is 102 Å². The van der Waals surface area contributed by atoms with Gasteiger partial charge in [-0.15, -0.1) is 0 Å². The minimum absolute atomic E-state index is 0.0965. The highest BCUT2D eigenvalue weighted by atomic mass is 31.2. The maximum absolute atomic E-state index is 11.6. The molecule has 6 nitrogen and oxygen atoms in total. The van der Waals surface area contributed by atoms with Gasteiger partial charge >= 0.3 is 7.60 Å². The standard InChI is InChI=1S/C10H20NO5P/c1-5-11-10(12)9(2)8-16-6-7-17(13,14-3)15-4/h2,5-8H2,1,3-4H3,(H,11,12). The van der Waals surface area contributed by atoms with Crippen LogP contribution < -0.4 is 5.32 Å². The van der Waals surface area contributed by atoms with Gasteiger partial charge < -0.3 is 19.1 Å². The molecular formula is C10H20NO5P. The quantitative estimate of drug-likeness (QED) is 0.385. The molecule has 17 heavy (non-hydrogen) atoms. The third-order valence-electron chi connectivity index (χ3n) is 2.00. The Morgan fingerprint density at radius 1 is 1.35 bits per heavy atom.